The zero-order valence-corrected chi connectivity index (χ0v) is 16.7. The average Bonchev–Trinajstić information content (AvgIpc) is 3.13. The minimum atomic E-state index is -0.165. The molecule has 26 heavy (non-hydrogen) atoms. The molecule has 1 aromatic carbocycles. The Kier molecular flexibility index (Phi) is 9.09. The molecule has 0 aliphatic carbocycles. The number of nitrogens with zero attached hydrogens (tertiary/aromatic N) is 4. The predicted octanol–water partition coefficient (Wildman–Crippen LogP) is 3.15. The van der Waals surface area contributed by atoms with Gasteiger partial charge in [-0.1, -0.05) is 22.0 Å². The van der Waals surface area contributed by atoms with E-state index in [9.17, 15) is 4.39 Å². The molecular formula is C18H26BrFN6. The van der Waals surface area contributed by atoms with Crippen LogP contribution < -0.4 is 10.6 Å². The van der Waals surface area contributed by atoms with Crippen molar-refractivity contribution in [3.8, 4) is 0 Å². The highest BCUT2D eigenvalue weighted by atomic mass is 79.9. The molecule has 2 N–H and O–H groups in total. The molecule has 2 rings (SSSR count). The lowest BCUT2D eigenvalue weighted by molar-refractivity contribution is 0.596. The van der Waals surface area contributed by atoms with Gasteiger partial charge in [0.2, 0.25) is 0 Å². The van der Waals surface area contributed by atoms with Crippen molar-refractivity contribution in [3.63, 3.8) is 0 Å². The second-order valence-electron chi connectivity index (χ2n) is 5.93. The first-order valence-electron chi connectivity index (χ1n) is 8.97. The number of aliphatic imine (C=N–C) groups is 1. The van der Waals surface area contributed by atoms with Gasteiger partial charge in [-0.25, -0.2) is 4.39 Å². The quantitative estimate of drug-likeness (QED) is 0.349. The Hall–Kier alpha value is -1.96. The van der Waals surface area contributed by atoms with Crippen LogP contribution in [0.1, 0.15) is 31.7 Å². The van der Waals surface area contributed by atoms with Crippen LogP contribution in [-0.4, -0.2) is 40.4 Å². The molecule has 0 saturated heterocycles. The predicted molar refractivity (Wildman–Crippen MR) is 106 cm³/mol. The minimum Gasteiger partial charge on any atom is -0.357 e. The van der Waals surface area contributed by atoms with E-state index in [1.165, 1.54) is 6.07 Å². The average molecular weight is 425 g/mol. The normalized spacial score (nSPS) is 11.6. The van der Waals surface area contributed by atoms with Gasteiger partial charge in [0.15, 0.2) is 5.96 Å². The molecule has 8 heteroatoms. The molecule has 142 valence electrons. The highest BCUT2D eigenvalue weighted by molar-refractivity contribution is 9.10. The van der Waals surface area contributed by atoms with Crippen molar-refractivity contribution < 1.29 is 4.39 Å². The summed E-state index contributed by atoms with van der Waals surface area (Å²) in [6.45, 7) is 5.29. The van der Waals surface area contributed by atoms with E-state index in [1.807, 2.05) is 23.6 Å². The van der Waals surface area contributed by atoms with Crippen molar-refractivity contribution in [2.24, 2.45) is 4.99 Å². The molecule has 2 aromatic rings. The number of unbranched alkanes of at least 4 members (excludes halogenated alkanes) is 1. The van der Waals surface area contributed by atoms with Crippen LogP contribution in [0.5, 0.6) is 0 Å². The Balaban J connectivity index is 1.66. The van der Waals surface area contributed by atoms with Crippen LogP contribution in [0.2, 0.25) is 0 Å². The summed E-state index contributed by atoms with van der Waals surface area (Å²) >= 11 is 3.27. The molecule has 0 fully saturated rings. The van der Waals surface area contributed by atoms with Crippen molar-refractivity contribution in [1.82, 2.24) is 25.4 Å². The molecule has 0 spiro atoms. The summed E-state index contributed by atoms with van der Waals surface area (Å²) in [6, 6.07) is 5.19. The van der Waals surface area contributed by atoms with Crippen molar-refractivity contribution in [2.75, 3.05) is 19.6 Å². The second-order valence-corrected chi connectivity index (χ2v) is 6.85. The Labute approximate surface area is 162 Å². The molecule has 0 aliphatic rings. The monoisotopic (exact) mass is 424 g/mol. The summed E-state index contributed by atoms with van der Waals surface area (Å²) in [5, 5.41) is 14.2. The molecule has 0 aliphatic heterocycles. The van der Waals surface area contributed by atoms with Gasteiger partial charge < -0.3 is 15.2 Å². The lowest BCUT2D eigenvalue weighted by Gasteiger charge is -2.11. The summed E-state index contributed by atoms with van der Waals surface area (Å²) in [5.74, 6) is 0.648. The first-order valence-corrected chi connectivity index (χ1v) is 9.77. The summed E-state index contributed by atoms with van der Waals surface area (Å²) in [5.41, 5.74) is 0.732. The largest absolute Gasteiger partial charge is 0.357 e. The van der Waals surface area contributed by atoms with Gasteiger partial charge in [0, 0.05) is 30.7 Å². The first-order chi connectivity index (χ1) is 12.7. The first kappa shape index (κ1) is 20.4. The number of aryl methyl sites for hydroxylation is 2. The maximum atomic E-state index is 13.8. The van der Waals surface area contributed by atoms with Gasteiger partial charge in [0.25, 0.3) is 0 Å². The van der Waals surface area contributed by atoms with E-state index in [2.05, 4.69) is 41.8 Å². The zero-order chi connectivity index (χ0) is 18.6. The van der Waals surface area contributed by atoms with E-state index < -0.39 is 0 Å². The number of aromatic nitrogens is 3. The van der Waals surface area contributed by atoms with Crippen LogP contribution in [0.3, 0.4) is 0 Å². The van der Waals surface area contributed by atoms with E-state index in [0.29, 0.717) is 13.0 Å². The molecule has 1 aromatic heterocycles. The van der Waals surface area contributed by atoms with Gasteiger partial charge in [-0.15, -0.1) is 10.2 Å². The van der Waals surface area contributed by atoms with Crippen LogP contribution in [0, 0.1) is 5.82 Å². The minimum absolute atomic E-state index is 0.165. The van der Waals surface area contributed by atoms with Crippen molar-refractivity contribution in [3.05, 3.63) is 46.7 Å². The summed E-state index contributed by atoms with van der Waals surface area (Å²) in [6.07, 6.45) is 7.03. The number of rotatable bonds is 10. The second kappa shape index (κ2) is 11.6. The number of benzene rings is 1. The molecule has 0 bridgehead atoms. The fourth-order valence-electron chi connectivity index (χ4n) is 2.49. The van der Waals surface area contributed by atoms with E-state index in [-0.39, 0.29) is 5.82 Å². The van der Waals surface area contributed by atoms with E-state index in [1.54, 1.807) is 12.7 Å². The van der Waals surface area contributed by atoms with Crippen molar-refractivity contribution >= 4 is 21.9 Å². The smallest absolute Gasteiger partial charge is 0.191 e. The summed E-state index contributed by atoms with van der Waals surface area (Å²) in [7, 11) is 0. The highest BCUT2D eigenvalue weighted by Crippen LogP contribution is 2.16. The lowest BCUT2D eigenvalue weighted by atomic mass is 10.1. The van der Waals surface area contributed by atoms with Gasteiger partial charge in [0.1, 0.15) is 18.5 Å². The summed E-state index contributed by atoms with van der Waals surface area (Å²) in [4.78, 5) is 4.56. The topological polar surface area (TPSA) is 67.1 Å². The molecule has 0 radical (unpaired) electrons. The molecule has 0 saturated carbocycles. The Morgan fingerprint density at radius 3 is 2.73 bits per heavy atom. The van der Waals surface area contributed by atoms with Crippen LogP contribution >= 0.6 is 15.9 Å². The maximum absolute atomic E-state index is 13.8. The Morgan fingerprint density at radius 1 is 1.19 bits per heavy atom. The van der Waals surface area contributed by atoms with Crippen LogP contribution in [0.4, 0.5) is 4.39 Å². The van der Waals surface area contributed by atoms with Crippen LogP contribution in [-0.2, 0) is 13.0 Å². The summed E-state index contributed by atoms with van der Waals surface area (Å²) < 4.78 is 16.5. The van der Waals surface area contributed by atoms with E-state index in [0.717, 1.165) is 54.9 Å². The molecular weight excluding hydrogens is 399 g/mol. The maximum Gasteiger partial charge on any atom is 0.191 e. The van der Waals surface area contributed by atoms with Crippen LogP contribution in [0.25, 0.3) is 0 Å². The van der Waals surface area contributed by atoms with E-state index in [4.69, 9.17) is 0 Å². The lowest BCUT2D eigenvalue weighted by Crippen LogP contribution is -2.38. The van der Waals surface area contributed by atoms with Crippen molar-refractivity contribution in [2.45, 2.75) is 39.2 Å². The standard InChI is InChI=1S/C18H26BrFN6/c1-2-21-18(22-9-3-4-11-26-13-24-25-14-26)23-10-5-6-15-7-8-16(19)12-17(15)20/h7-8,12-14H,2-6,9-11H2,1H3,(H2,21,22,23). The van der Waals surface area contributed by atoms with Crippen molar-refractivity contribution in [1.29, 1.82) is 0 Å². The third-order valence-electron chi connectivity index (χ3n) is 3.84. The fraction of sp³-hybridized carbons (Fsp3) is 0.500. The zero-order valence-electron chi connectivity index (χ0n) is 15.1. The Morgan fingerprint density at radius 2 is 2.00 bits per heavy atom. The number of hydrogen-bond donors (Lipinski definition) is 2. The van der Waals surface area contributed by atoms with Crippen LogP contribution in [0.15, 0.2) is 40.3 Å². The fourth-order valence-corrected chi connectivity index (χ4v) is 2.82. The van der Waals surface area contributed by atoms with E-state index >= 15 is 0 Å². The Bertz CT molecular complexity index is 674. The van der Waals surface area contributed by atoms with Gasteiger partial charge in [0.05, 0.1) is 0 Å². The third-order valence-corrected chi connectivity index (χ3v) is 4.33. The molecule has 6 nitrogen and oxygen atoms in total. The number of nitrogens with one attached hydrogen (secondary N) is 2. The SMILES string of the molecule is CCNC(=NCCCc1ccc(Br)cc1F)NCCCCn1cnnc1. The molecule has 1 heterocycles. The number of hydrogen-bond acceptors (Lipinski definition) is 3. The molecule has 0 unspecified atom stereocenters. The molecule has 0 amide bonds. The third kappa shape index (κ3) is 7.51. The number of guanidine groups is 1. The number of halogens is 2. The highest BCUT2D eigenvalue weighted by Gasteiger charge is 2.03. The van der Waals surface area contributed by atoms with Gasteiger partial charge in [-0.2, -0.15) is 0 Å². The van der Waals surface area contributed by atoms with Gasteiger partial charge in [-0.3, -0.25) is 4.99 Å². The van der Waals surface area contributed by atoms with Gasteiger partial charge in [-0.05, 0) is 50.3 Å². The molecule has 0 atom stereocenters. The van der Waals surface area contributed by atoms with Gasteiger partial charge >= 0.3 is 0 Å².